The van der Waals surface area contributed by atoms with Gasteiger partial charge in [-0.15, -0.1) is 11.3 Å². The number of anilines is 1. The third-order valence-electron chi connectivity index (χ3n) is 2.26. The minimum absolute atomic E-state index is 0.820. The van der Waals surface area contributed by atoms with Gasteiger partial charge in [-0.25, -0.2) is 9.67 Å². The van der Waals surface area contributed by atoms with Crippen molar-refractivity contribution in [2.75, 3.05) is 5.32 Å². The normalized spacial score (nSPS) is 10.6. The van der Waals surface area contributed by atoms with Crippen molar-refractivity contribution in [2.24, 2.45) is 0 Å². The molecule has 0 aliphatic rings. The highest BCUT2D eigenvalue weighted by atomic mass is 32.1. The van der Waals surface area contributed by atoms with Crippen LogP contribution in [0.25, 0.3) is 0 Å². The van der Waals surface area contributed by atoms with Crippen molar-refractivity contribution in [1.29, 1.82) is 0 Å². The Morgan fingerprint density at radius 3 is 3.06 bits per heavy atom. The van der Waals surface area contributed by atoms with E-state index in [1.54, 1.807) is 11.3 Å². The maximum atomic E-state index is 4.27. The Balaban J connectivity index is 1.96. The highest BCUT2D eigenvalue weighted by Crippen LogP contribution is 2.14. The molecular formula is C11H16N4S. The number of nitrogens with zero attached hydrogens (tertiary/aromatic N) is 3. The minimum Gasteiger partial charge on any atom is -0.365 e. The summed E-state index contributed by atoms with van der Waals surface area (Å²) in [5.41, 5.74) is 0. The van der Waals surface area contributed by atoms with E-state index < -0.39 is 0 Å². The lowest BCUT2D eigenvalue weighted by Crippen LogP contribution is -2.07. The van der Waals surface area contributed by atoms with Gasteiger partial charge in [-0.1, -0.05) is 6.92 Å². The highest BCUT2D eigenvalue weighted by Gasteiger charge is 2.02. The molecular weight excluding hydrogens is 220 g/mol. The van der Waals surface area contributed by atoms with Gasteiger partial charge in [-0.05, 0) is 13.3 Å². The monoisotopic (exact) mass is 236 g/mol. The van der Waals surface area contributed by atoms with Gasteiger partial charge in [0.15, 0.2) is 0 Å². The number of thiazole rings is 1. The van der Waals surface area contributed by atoms with Gasteiger partial charge >= 0.3 is 0 Å². The van der Waals surface area contributed by atoms with E-state index in [9.17, 15) is 0 Å². The molecule has 0 radical (unpaired) electrons. The molecule has 16 heavy (non-hydrogen) atoms. The number of hydrogen-bond donors (Lipinski definition) is 1. The maximum absolute atomic E-state index is 4.27. The van der Waals surface area contributed by atoms with Gasteiger partial charge in [-0.2, -0.15) is 5.10 Å². The quantitative estimate of drug-likeness (QED) is 0.868. The molecule has 5 heteroatoms. The van der Waals surface area contributed by atoms with E-state index in [-0.39, 0.29) is 0 Å². The van der Waals surface area contributed by atoms with Crippen molar-refractivity contribution < 1.29 is 0 Å². The summed E-state index contributed by atoms with van der Waals surface area (Å²) in [4.78, 5) is 5.48. The fourth-order valence-corrected chi connectivity index (χ4v) is 2.27. The number of aromatic nitrogens is 3. The molecule has 0 aromatic carbocycles. The van der Waals surface area contributed by atoms with Gasteiger partial charge < -0.3 is 5.32 Å². The molecule has 2 aromatic rings. The van der Waals surface area contributed by atoms with Crippen molar-refractivity contribution >= 4 is 17.2 Å². The molecule has 0 unspecified atom stereocenters. The predicted octanol–water partition coefficient (Wildman–Crippen LogP) is 2.67. The molecule has 0 aliphatic carbocycles. The maximum Gasteiger partial charge on any atom is 0.124 e. The van der Waals surface area contributed by atoms with Crippen LogP contribution in [0, 0.1) is 6.92 Å². The molecule has 0 spiro atoms. The number of hydrogen-bond acceptors (Lipinski definition) is 4. The van der Waals surface area contributed by atoms with Crippen molar-refractivity contribution in [3.63, 3.8) is 0 Å². The van der Waals surface area contributed by atoms with Crippen LogP contribution in [-0.2, 0) is 13.1 Å². The van der Waals surface area contributed by atoms with Crippen LogP contribution in [0.4, 0.5) is 5.82 Å². The average Bonchev–Trinajstić information content (AvgIpc) is 2.85. The second kappa shape index (κ2) is 5.12. The standard InChI is InChI=1S/C11H16N4S/c1-3-6-15-11(4-5-14-15)13-8-10-7-12-9(2)16-10/h4-5,7,13H,3,6,8H2,1-2H3. The number of rotatable bonds is 5. The molecule has 0 saturated carbocycles. The lowest BCUT2D eigenvalue weighted by Gasteiger charge is -2.07. The molecule has 4 nitrogen and oxygen atoms in total. The van der Waals surface area contributed by atoms with Crippen LogP contribution in [-0.4, -0.2) is 14.8 Å². The second-order valence-corrected chi connectivity index (χ2v) is 4.96. The lowest BCUT2D eigenvalue weighted by molar-refractivity contribution is 0.607. The zero-order chi connectivity index (χ0) is 11.4. The first-order chi connectivity index (χ1) is 7.79. The summed E-state index contributed by atoms with van der Waals surface area (Å²) >= 11 is 1.73. The third-order valence-corrected chi connectivity index (χ3v) is 3.18. The van der Waals surface area contributed by atoms with Crippen LogP contribution in [0.1, 0.15) is 23.2 Å². The molecule has 0 saturated heterocycles. The summed E-state index contributed by atoms with van der Waals surface area (Å²) in [6.45, 7) is 5.95. The topological polar surface area (TPSA) is 42.7 Å². The number of nitrogens with one attached hydrogen (secondary N) is 1. The highest BCUT2D eigenvalue weighted by molar-refractivity contribution is 7.11. The Hall–Kier alpha value is -1.36. The van der Waals surface area contributed by atoms with E-state index >= 15 is 0 Å². The Morgan fingerprint density at radius 2 is 2.38 bits per heavy atom. The largest absolute Gasteiger partial charge is 0.365 e. The zero-order valence-corrected chi connectivity index (χ0v) is 10.4. The van der Waals surface area contributed by atoms with Crippen LogP contribution in [0.5, 0.6) is 0 Å². The van der Waals surface area contributed by atoms with Crippen molar-refractivity contribution in [3.8, 4) is 0 Å². The summed E-state index contributed by atoms with van der Waals surface area (Å²) in [5.74, 6) is 1.08. The van der Waals surface area contributed by atoms with Crippen LogP contribution >= 0.6 is 11.3 Å². The van der Waals surface area contributed by atoms with Crippen molar-refractivity contribution in [3.05, 3.63) is 28.3 Å². The molecule has 1 N–H and O–H groups in total. The Morgan fingerprint density at radius 1 is 1.50 bits per heavy atom. The van der Waals surface area contributed by atoms with Crippen LogP contribution in [0.2, 0.25) is 0 Å². The first-order valence-corrected chi connectivity index (χ1v) is 6.28. The fraction of sp³-hybridized carbons (Fsp3) is 0.455. The first kappa shape index (κ1) is 11.1. The van der Waals surface area contributed by atoms with E-state index in [0.29, 0.717) is 0 Å². The molecule has 0 bridgehead atoms. The smallest absolute Gasteiger partial charge is 0.124 e. The summed E-state index contributed by atoms with van der Waals surface area (Å²) in [7, 11) is 0. The molecule has 2 rings (SSSR count). The molecule has 0 atom stereocenters. The van der Waals surface area contributed by atoms with Crippen LogP contribution in [0.15, 0.2) is 18.5 Å². The van der Waals surface area contributed by atoms with Gasteiger partial charge in [0, 0.05) is 23.7 Å². The Labute approximate surface area is 99.3 Å². The van der Waals surface area contributed by atoms with Crippen molar-refractivity contribution in [1.82, 2.24) is 14.8 Å². The van der Waals surface area contributed by atoms with Crippen molar-refractivity contribution in [2.45, 2.75) is 33.4 Å². The lowest BCUT2D eigenvalue weighted by atomic mass is 10.4. The minimum atomic E-state index is 0.820. The fourth-order valence-electron chi connectivity index (χ4n) is 1.54. The van der Waals surface area contributed by atoms with Gasteiger partial charge in [0.25, 0.3) is 0 Å². The summed E-state index contributed by atoms with van der Waals surface area (Å²) in [6, 6.07) is 2.00. The number of aryl methyl sites for hydroxylation is 2. The zero-order valence-electron chi connectivity index (χ0n) is 9.60. The summed E-state index contributed by atoms with van der Waals surface area (Å²) in [5, 5.41) is 8.75. The molecule has 0 aliphatic heterocycles. The second-order valence-electron chi connectivity index (χ2n) is 3.64. The SMILES string of the molecule is CCCn1nccc1NCc1cnc(C)s1. The predicted molar refractivity (Wildman–Crippen MR) is 66.7 cm³/mol. The average molecular weight is 236 g/mol. The van der Waals surface area contributed by atoms with Gasteiger partial charge in [0.1, 0.15) is 5.82 Å². The molecule has 0 amide bonds. The molecule has 2 aromatic heterocycles. The van der Waals surface area contributed by atoms with Gasteiger partial charge in [-0.3, -0.25) is 0 Å². The summed E-state index contributed by atoms with van der Waals surface area (Å²) < 4.78 is 1.99. The molecule has 86 valence electrons. The van der Waals surface area contributed by atoms with E-state index in [1.165, 1.54) is 4.88 Å². The summed E-state index contributed by atoms with van der Waals surface area (Å²) in [6.07, 6.45) is 4.85. The van der Waals surface area contributed by atoms with E-state index in [1.807, 2.05) is 30.1 Å². The van der Waals surface area contributed by atoms with E-state index in [4.69, 9.17) is 0 Å². The Bertz CT molecular complexity index is 446. The third kappa shape index (κ3) is 2.61. The Kier molecular flexibility index (Phi) is 3.56. The molecule has 0 fully saturated rings. The van der Waals surface area contributed by atoms with Gasteiger partial charge in [0.2, 0.25) is 0 Å². The van der Waals surface area contributed by atoms with E-state index in [0.717, 1.165) is 30.3 Å². The van der Waals surface area contributed by atoms with Gasteiger partial charge in [0.05, 0.1) is 17.7 Å². The van der Waals surface area contributed by atoms with E-state index in [2.05, 4.69) is 22.3 Å². The van der Waals surface area contributed by atoms with Crippen LogP contribution in [0.3, 0.4) is 0 Å². The first-order valence-electron chi connectivity index (χ1n) is 5.46. The molecule has 2 heterocycles. The van der Waals surface area contributed by atoms with Crippen LogP contribution < -0.4 is 5.32 Å².